The quantitative estimate of drug-likeness (QED) is 0.773. The van der Waals surface area contributed by atoms with Crippen LogP contribution in [0.4, 0.5) is 0 Å². The zero-order valence-corrected chi connectivity index (χ0v) is 14.7. The molecule has 1 aromatic rings. The van der Waals surface area contributed by atoms with Gasteiger partial charge in [0.25, 0.3) is 5.91 Å². The molecule has 6 heteroatoms. The summed E-state index contributed by atoms with van der Waals surface area (Å²) in [6.45, 7) is 2.89. The van der Waals surface area contributed by atoms with Crippen LogP contribution in [-0.2, 0) is 4.74 Å². The van der Waals surface area contributed by atoms with Crippen molar-refractivity contribution in [2.45, 2.75) is 25.3 Å². The van der Waals surface area contributed by atoms with Crippen LogP contribution in [0.2, 0.25) is 0 Å². The molecule has 0 aromatic heterocycles. The molecule has 0 spiro atoms. The summed E-state index contributed by atoms with van der Waals surface area (Å²) in [6.07, 6.45) is 2.86. The van der Waals surface area contributed by atoms with Crippen LogP contribution in [0.1, 0.15) is 29.6 Å². The normalized spacial score (nSPS) is 15.1. The first kappa shape index (κ1) is 19.7. The first-order valence-corrected chi connectivity index (χ1v) is 7.93. The van der Waals surface area contributed by atoms with E-state index in [2.05, 4.69) is 5.32 Å². The van der Waals surface area contributed by atoms with Crippen molar-refractivity contribution < 1.29 is 14.3 Å². The van der Waals surface area contributed by atoms with Gasteiger partial charge in [-0.05, 0) is 38.1 Å². The fraction of sp³-hybridized carbons (Fsp3) is 0.588. The SMILES string of the molecule is CNC1CCN(C(=O)c2cccc(OCCCOC)c2)CC1.Cl. The lowest BCUT2D eigenvalue weighted by Crippen LogP contribution is -2.43. The summed E-state index contributed by atoms with van der Waals surface area (Å²) < 4.78 is 10.7. The molecule has 1 aliphatic rings. The monoisotopic (exact) mass is 342 g/mol. The zero-order chi connectivity index (χ0) is 15.8. The van der Waals surface area contributed by atoms with Crippen LogP contribution in [0.5, 0.6) is 5.75 Å². The van der Waals surface area contributed by atoms with Crippen LogP contribution in [0.25, 0.3) is 0 Å². The van der Waals surface area contributed by atoms with Gasteiger partial charge in [-0.15, -0.1) is 12.4 Å². The number of carbonyl (C=O) groups excluding carboxylic acids is 1. The molecule has 0 unspecified atom stereocenters. The van der Waals surface area contributed by atoms with Crippen LogP contribution in [0, 0.1) is 0 Å². The van der Waals surface area contributed by atoms with E-state index in [1.165, 1.54) is 0 Å². The fourth-order valence-corrected chi connectivity index (χ4v) is 2.67. The summed E-state index contributed by atoms with van der Waals surface area (Å²) >= 11 is 0. The van der Waals surface area contributed by atoms with E-state index < -0.39 is 0 Å². The third-order valence-corrected chi connectivity index (χ3v) is 4.03. The Morgan fingerprint density at radius 1 is 1.30 bits per heavy atom. The van der Waals surface area contributed by atoms with Crippen molar-refractivity contribution in [3.05, 3.63) is 29.8 Å². The minimum absolute atomic E-state index is 0. The number of ether oxygens (including phenoxy) is 2. The van der Waals surface area contributed by atoms with Gasteiger partial charge < -0.3 is 19.7 Å². The van der Waals surface area contributed by atoms with Gasteiger partial charge in [-0.3, -0.25) is 4.79 Å². The first-order chi connectivity index (χ1) is 10.7. The molecule has 0 atom stereocenters. The summed E-state index contributed by atoms with van der Waals surface area (Å²) in [6, 6.07) is 7.98. The number of rotatable bonds is 7. The molecule has 1 fully saturated rings. The van der Waals surface area contributed by atoms with Crippen LogP contribution in [-0.4, -0.2) is 57.3 Å². The largest absolute Gasteiger partial charge is 0.493 e. The second kappa shape index (κ2) is 10.5. The van der Waals surface area contributed by atoms with Gasteiger partial charge in [0.1, 0.15) is 5.75 Å². The molecule has 1 aliphatic heterocycles. The number of amides is 1. The first-order valence-electron chi connectivity index (χ1n) is 7.93. The molecule has 1 N–H and O–H groups in total. The van der Waals surface area contributed by atoms with E-state index in [0.717, 1.165) is 38.1 Å². The third-order valence-electron chi connectivity index (χ3n) is 4.03. The second-order valence-electron chi connectivity index (χ2n) is 5.58. The Kier molecular flexibility index (Phi) is 8.99. The van der Waals surface area contributed by atoms with Crippen LogP contribution in [0.3, 0.4) is 0 Å². The standard InChI is InChI=1S/C17H26N2O3.ClH/c1-18-15-7-9-19(10-8-15)17(20)14-5-3-6-16(13-14)22-12-4-11-21-2;/h3,5-6,13,15,18H,4,7-12H2,1-2H3;1H. The van der Waals surface area contributed by atoms with Crippen molar-refractivity contribution in [3.63, 3.8) is 0 Å². The lowest BCUT2D eigenvalue weighted by molar-refractivity contribution is 0.0707. The highest BCUT2D eigenvalue weighted by atomic mass is 35.5. The number of nitrogens with zero attached hydrogens (tertiary/aromatic N) is 1. The molecule has 1 heterocycles. The molecule has 0 radical (unpaired) electrons. The van der Waals surface area contributed by atoms with E-state index in [0.29, 0.717) is 24.8 Å². The number of likely N-dealkylation sites (tertiary alicyclic amines) is 1. The summed E-state index contributed by atoms with van der Waals surface area (Å²) in [7, 11) is 3.66. The highest BCUT2D eigenvalue weighted by Crippen LogP contribution is 2.18. The summed E-state index contributed by atoms with van der Waals surface area (Å²) in [5.74, 6) is 0.837. The minimum Gasteiger partial charge on any atom is -0.493 e. The van der Waals surface area contributed by atoms with E-state index >= 15 is 0 Å². The molecule has 1 saturated heterocycles. The molecule has 2 rings (SSSR count). The van der Waals surface area contributed by atoms with Crippen LogP contribution < -0.4 is 10.1 Å². The van der Waals surface area contributed by atoms with Crippen molar-refractivity contribution >= 4 is 18.3 Å². The fourth-order valence-electron chi connectivity index (χ4n) is 2.67. The maximum absolute atomic E-state index is 12.6. The van der Waals surface area contributed by atoms with Gasteiger partial charge in [0.2, 0.25) is 0 Å². The maximum Gasteiger partial charge on any atom is 0.253 e. The van der Waals surface area contributed by atoms with E-state index in [9.17, 15) is 4.79 Å². The molecule has 5 nitrogen and oxygen atoms in total. The van der Waals surface area contributed by atoms with Crippen LogP contribution in [0.15, 0.2) is 24.3 Å². The number of nitrogens with one attached hydrogen (secondary N) is 1. The lowest BCUT2D eigenvalue weighted by Gasteiger charge is -2.31. The number of hydrogen-bond acceptors (Lipinski definition) is 4. The second-order valence-corrected chi connectivity index (χ2v) is 5.58. The smallest absolute Gasteiger partial charge is 0.253 e. The van der Waals surface area contributed by atoms with E-state index in [4.69, 9.17) is 9.47 Å². The number of halogens is 1. The molecule has 1 aromatic carbocycles. The lowest BCUT2D eigenvalue weighted by atomic mass is 10.0. The Bertz CT molecular complexity index is 477. The number of hydrogen-bond donors (Lipinski definition) is 1. The van der Waals surface area contributed by atoms with Gasteiger partial charge >= 0.3 is 0 Å². The van der Waals surface area contributed by atoms with E-state index in [1.54, 1.807) is 7.11 Å². The van der Waals surface area contributed by atoms with Gasteiger partial charge in [-0.2, -0.15) is 0 Å². The highest BCUT2D eigenvalue weighted by molar-refractivity contribution is 5.94. The van der Waals surface area contributed by atoms with E-state index in [1.807, 2.05) is 36.2 Å². The highest BCUT2D eigenvalue weighted by Gasteiger charge is 2.22. The van der Waals surface area contributed by atoms with Crippen molar-refractivity contribution in [1.29, 1.82) is 0 Å². The number of methoxy groups -OCH3 is 1. The van der Waals surface area contributed by atoms with Gasteiger partial charge in [0.05, 0.1) is 6.61 Å². The van der Waals surface area contributed by atoms with Gasteiger partial charge in [0, 0.05) is 44.8 Å². The van der Waals surface area contributed by atoms with Gasteiger partial charge in [0.15, 0.2) is 0 Å². The Morgan fingerprint density at radius 3 is 2.70 bits per heavy atom. The average molecular weight is 343 g/mol. The third kappa shape index (κ3) is 6.01. The van der Waals surface area contributed by atoms with Crippen molar-refractivity contribution in [2.24, 2.45) is 0 Å². The summed E-state index contributed by atoms with van der Waals surface area (Å²) in [5.41, 5.74) is 0.701. The summed E-state index contributed by atoms with van der Waals surface area (Å²) in [5, 5.41) is 3.28. The molecule has 130 valence electrons. The Labute approximate surface area is 144 Å². The van der Waals surface area contributed by atoms with Crippen molar-refractivity contribution in [2.75, 3.05) is 40.5 Å². The predicted octanol–water partition coefficient (Wildman–Crippen LogP) is 2.35. The zero-order valence-electron chi connectivity index (χ0n) is 13.9. The minimum atomic E-state index is 0. The molecule has 0 bridgehead atoms. The molecule has 0 saturated carbocycles. The Hall–Kier alpha value is -1.30. The van der Waals surface area contributed by atoms with Gasteiger partial charge in [-0.1, -0.05) is 6.07 Å². The van der Waals surface area contributed by atoms with Crippen molar-refractivity contribution in [3.8, 4) is 5.75 Å². The number of piperidine rings is 1. The van der Waals surface area contributed by atoms with Gasteiger partial charge in [-0.25, -0.2) is 0 Å². The molecule has 23 heavy (non-hydrogen) atoms. The number of carbonyl (C=O) groups is 1. The maximum atomic E-state index is 12.6. The summed E-state index contributed by atoms with van der Waals surface area (Å²) in [4.78, 5) is 14.5. The Morgan fingerprint density at radius 2 is 2.04 bits per heavy atom. The predicted molar refractivity (Wildman–Crippen MR) is 93.7 cm³/mol. The van der Waals surface area contributed by atoms with Crippen molar-refractivity contribution in [1.82, 2.24) is 10.2 Å². The molecule has 0 aliphatic carbocycles. The average Bonchev–Trinajstić information content (AvgIpc) is 2.58. The number of benzene rings is 1. The Balaban J connectivity index is 0.00000264. The molecular weight excluding hydrogens is 316 g/mol. The topological polar surface area (TPSA) is 50.8 Å². The van der Waals surface area contributed by atoms with E-state index in [-0.39, 0.29) is 18.3 Å². The molecule has 1 amide bonds. The molecular formula is C17H27ClN2O3. The van der Waals surface area contributed by atoms with Crippen LogP contribution >= 0.6 is 12.4 Å².